The van der Waals surface area contributed by atoms with Gasteiger partial charge in [-0.25, -0.2) is 15.8 Å². The number of nitrogen functional groups attached to an aromatic ring is 1. The monoisotopic (exact) mass is 295 g/mol. The molecule has 7 nitrogen and oxygen atoms in total. The third-order valence-electron chi connectivity index (χ3n) is 3.48. The number of likely N-dealkylation sites (N-methyl/N-ethyl adjacent to an activating group) is 1. The van der Waals surface area contributed by atoms with Crippen LogP contribution in [0.3, 0.4) is 0 Å². The second-order valence-corrected chi connectivity index (χ2v) is 5.18. The minimum Gasteiger partial charge on any atom is -0.376 e. The molecule has 1 aromatic rings. The highest BCUT2D eigenvalue weighted by Gasteiger charge is 2.17. The van der Waals surface area contributed by atoms with E-state index in [1.807, 2.05) is 20.0 Å². The third-order valence-corrected chi connectivity index (χ3v) is 3.48. The van der Waals surface area contributed by atoms with Gasteiger partial charge in [0.15, 0.2) is 5.82 Å². The van der Waals surface area contributed by atoms with E-state index in [9.17, 15) is 0 Å². The minimum atomic E-state index is 0.267. The maximum absolute atomic E-state index is 5.77. The van der Waals surface area contributed by atoms with E-state index in [1.165, 1.54) is 6.42 Å². The zero-order chi connectivity index (χ0) is 15.1. The molecule has 3 N–H and O–H groups in total. The first-order valence-electron chi connectivity index (χ1n) is 7.48. The molecule has 1 fully saturated rings. The van der Waals surface area contributed by atoms with Crippen LogP contribution in [0.1, 0.15) is 32.0 Å². The smallest absolute Gasteiger partial charge is 0.158 e. The molecule has 21 heavy (non-hydrogen) atoms. The summed E-state index contributed by atoms with van der Waals surface area (Å²) in [5, 5.41) is 0. The van der Waals surface area contributed by atoms with Gasteiger partial charge >= 0.3 is 0 Å². The molecular formula is C14H25N5O2. The van der Waals surface area contributed by atoms with Crippen LogP contribution in [-0.4, -0.2) is 42.9 Å². The summed E-state index contributed by atoms with van der Waals surface area (Å²) in [6.45, 7) is 4.62. The molecular weight excluding hydrogens is 270 g/mol. The zero-order valence-corrected chi connectivity index (χ0v) is 12.8. The fourth-order valence-electron chi connectivity index (χ4n) is 2.36. The molecule has 0 saturated carbocycles. The Balaban J connectivity index is 2.05. The molecule has 1 aliphatic heterocycles. The highest BCUT2D eigenvalue weighted by Crippen LogP contribution is 2.18. The maximum Gasteiger partial charge on any atom is 0.158 e. The van der Waals surface area contributed by atoms with Crippen LogP contribution >= 0.6 is 0 Å². The predicted octanol–water partition coefficient (Wildman–Crippen LogP) is 1.30. The molecule has 2 rings (SSSR count). The van der Waals surface area contributed by atoms with Crippen LogP contribution in [-0.2, 0) is 16.1 Å². The average Bonchev–Trinajstić information content (AvgIpc) is 2.53. The predicted molar refractivity (Wildman–Crippen MR) is 82.0 cm³/mol. The van der Waals surface area contributed by atoms with Gasteiger partial charge in [-0.1, -0.05) is 0 Å². The van der Waals surface area contributed by atoms with Gasteiger partial charge in [0, 0.05) is 32.9 Å². The Morgan fingerprint density at radius 3 is 3.00 bits per heavy atom. The second kappa shape index (κ2) is 8.11. The first kappa shape index (κ1) is 15.9. The van der Waals surface area contributed by atoms with E-state index in [2.05, 4.69) is 20.3 Å². The van der Waals surface area contributed by atoms with Gasteiger partial charge in [0.2, 0.25) is 0 Å². The normalized spacial score (nSPS) is 18.5. The molecule has 0 aliphatic carbocycles. The molecule has 1 atom stereocenters. The van der Waals surface area contributed by atoms with E-state index < -0.39 is 0 Å². The SMILES string of the molecule is CCOCc1nc(NN)cc(N(C)CC2CCCCO2)n1. The summed E-state index contributed by atoms with van der Waals surface area (Å²) >= 11 is 0. The van der Waals surface area contributed by atoms with Gasteiger partial charge in [-0.15, -0.1) is 0 Å². The van der Waals surface area contributed by atoms with Gasteiger partial charge in [-0.2, -0.15) is 0 Å². The number of nitrogens with one attached hydrogen (secondary N) is 1. The van der Waals surface area contributed by atoms with E-state index in [1.54, 1.807) is 0 Å². The Morgan fingerprint density at radius 1 is 1.48 bits per heavy atom. The largest absolute Gasteiger partial charge is 0.376 e. The molecule has 0 amide bonds. The Bertz CT molecular complexity index is 437. The summed E-state index contributed by atoms with van der Waals surface area (Å²) in [4.78, 5) is 10.9. The first-order chi connectivity index (χ1) is 10.2. The molecule has 0 radical (unpaired) electrons. The fourth-order valence-corrected chi connectivity index (χ4v) is 2.36. The minimum absolute atomic E-state index is 0.267. The maximum atomic E-state index is 5.77. The van der Waals surface area contributed by atoms with Crippen molar-refractivity contribution in [1.29, 1.82) is 0 Å². The Labute approximate surface area is 125 Å². The Hall–Kier alpha value is -1.44. The molecule has 0 spiro atoms. The molecule has 1 saturated heterocycles. The highest BCUT2D eigenvalue weighted by molar-refractivity contribution is 5.48. The molecule has 1 aliphatic rings. The summed E-state index contributed by atoms with van der Waals surface area (Å²) in [6.07, 6.45) is 3.76. The number of hydrazine groups is 1. The number of hydrogen-bond donors (Lipinski definition) is 2. The van der Waals surface area contributed by atoms with Crippen molar-refractivity contribution < 1.29 is 9.47 Å². The number of ether oxygens (including phenoxy) is 2. The van der Waals surface area contributed by atoms with E-state index in [4.69, 9.17) is 15.3 Å². The number of nitrogens with zero attached hydrogens (tertiary/aromatic N) is 3. The molecule has 0 bridgehead atoms. The van der Waals surface area contributed by atoms with Crippen LogP contribution in [0.4, 0.5) is 11.6 Å². The molecule has 118 valence electrons. The quantitative estimate of drug-likeness (QED) is 0.579. The van der Waals surface area contributed by atoms with Gasteiger partial charge < -0.3 is 19.8 Å². The first-order valence-corrected chi connectivity index (χ1v) is 7.48. The number of aromatic nitrogens is 2. The van der Waals surface area contributed by atoms with Crippen LogP contribution in [0.25, 0.3) is 0 Å². The summed E-state index contributed by atoms with van der Waals surface area (Å²) < 4.78 is 11.1. The van der Waals surface area contributed by atoms with Crippen LogP contribution in [0.2, 0.25) is 0 Å². The van der Waals surface area contributed by atoms with Crippen LogP contribution in [0.15, 0.2) is 6.07 Å². The Morgan fingerprint density at radius 2 is 2.33 bits per heavy atom. The van der Waals surface area contributed by atoms with E-state index in [0.29, 0.717) is 24.9 Å². The van der Waals surface area contributed by atoms with Gasteiger partial charge in [0.1, 0.15) is 18.2 Å². The van der Waals surface area contributed by atoms with Crippen LogP contribution in [0.5, 0.6) is 0 Å². The number of hydrogen-bond acceptors (Lipinski definition) is 7. The highest BCUT2D eigenvalue weighted by atomic mass is 16.5. The lowest BCUT2D eigenvalue weighted by Gasteiger charge is -2.28. The van der Waals surface area contributed by atoms with Gasteiger partial charge in [-0.05, 0) is 26.2 Å². The fraction of sp³-hybridized carbons (Fsp3) is 0.714. The number of rotatable bonds is 7. The van der Waals surface area contributed by atoms with Crippen LogP contribution in [0, 0.1) is 0 Å². The lowest BCUT2D eigenvalue weighted by molar-refractivity contribution is 0.0215. The summed E-state index contributed by atoms with van der Waals surface area (Å²) in [5.74, 6) is 7.51. The van der Waals surface area contributed by atoms with Crippen molar-refractivity contribution in [3.05, 3.63) is 11.9 Å². The van der Waals surface area contributed by atoms with Crippen molar-refractivity contribution in [1.82, 2.24) is 9.97 Å². The van der Waals surface area contributed by atoms with Crippen molar-refractivity contribution in [2.75, 3.05) is 37.1 Å². The molecule has 7 heteroatoms. The molecule has 2 heterocycles. The Kier molecular flexibility index (Phi) is 6.16. The third kappa shape index (κ3) is 4.80. The van der Waals surface area contributed by atoms with Gasteiger partial charge in [0.05, 0.1) is 6.10 Å². The summed E-state index contributed by atoms with van der Waals surface area (Å²) in [6, 6.07) is 1.83. The van der Waals surface area contributed by atoms with E-state index >= 15 is 0 Å². The summed E-state index contributed by atoms with van der Waals surface area (Å²) in [5.41, 5.74) is 2.58. The standard InChI is InChI=1S/C14H25N5O2/c1-3-20-10-13-16-12(18-15)8-14(17-13)19(2)9-11-6-4-5-7-21-11/h8,11H,3-7,9-10,15H2,1-2H3,(H,16,17,18). The van der Waals surface area contributed by atoms with Gasteiger partial charge in [-0.3, -0.25) is 0 Å². The summed E-state index contributed by atoms with van der Waals surface area (Å²) in [7, 11) is 2.01. The van der Waals surface area contributed by atoms with Crippen molar-refractivity contribution in [3.8, 4) is 0 Å². The lowest BCUT2D eigenvalue weighted by atomic mass is 10.1. The van der Waals surface area contributed by atoms with E-state index in [0.717, 1.165) is 31.8 Å². The molecule has 1 aromatic heterocycles. The van der Waals surface area contributed by atoms with Gasteiger partial charge in [0.25, 0.3) is 0 Å². The molecule has 0 aromatic carbocycles. The number of nitrogens with two attached hydrogens (primary N) is 1. The van der Waals surface area contributed by atoms with Crippen LogP contribution < -0.4 is 16.2 Å². The zero-order valence-electron chi connectivity index (χ0n) is 12.8. The lowest BCUT2D eigenvalue weighted by Crippen LogP contribution is -2.34. The van der Waals surface area contributed by atoms with Crippen molar-refractivity contribution in [2.45, 2.75) is 38.9 Å². The number of anilines is 2. The molecule has 1 unspecified atom stereocenters. The van der Waals surface area contributed by atoms with Crippen molar-refractivity contribution >= 4 is 11.6 Å². The average molecular weight is 295 g/mol. The topological polar surface area (TPSA) is 85.5 Å². The van der Waals surface area contributed by atoms with E-state index in [-0.39, 0.29) is 6.10 Å². The van der Waals surface area contributed by atoms with Crippen molar-refractivity contribution in [3.63, 3.8) is 0 Å². The second-order valence-electron chi connectivity index (χ2n) is 5.18. The van der Waals surface area contributed by atoms with Crippen molar-refractivity contribution in [2.24, 2.45) is 5.84 Å².